The highest BCUT2D eigenvalue weighted by Gasteiger charge is 2.29. The molecule has 138 valence electrons. The fourth-order valence-corrected chi connectivity index (χ4v) is 3.51. The van der Waals surface area contributed by atoms with E-state index in [0.717, 1.165) is 11.6 Å². The van der Waals surface area contributed by atoms with Crippen molar-refractivity contribution >= 4 is 17.4 Å². The number of anilines is 1. The lowest BCUT2D eigenvalue weighted by atomic mass is 9.94. The standard InChI is InChI=1S/C18H15ClF2N6/c1-10(11-2-3-15(20)25-17(11)21)27-7-4-12-14(9-27)13(8-23)16(19)26-18(12)24-6-5-22/h2-3,10H,4,6-7,9H2,1H3,(H,24,26). The second-order valence-corrected chi connectivity index (χ2v) is 6.48. The Kier molecular flexibility index (Phi) is 5.50. The largest absolute Gasteiger partial charge is 0.357 e. The van der Waals surface area contributed by atoms with Gasteiger partial charge in [0.05, 0.1) is 11.6 Å². The smallest absolute Gasteiger partial charge is 0.220 e. The lowest BCUT2D eigenvalue weighted by molar-refractivity contribution is 0.187. The minimum atomic E-state index is -0.870. The van der Waals surface area contributed by atoms with E-state index < -0.39 is 11.9 Å². The van der Waals surface area contributed by atoms with Crippen molar-refractivity contribution in [1.29, 1.82) is 10.5 Å². The molecule has 0 saturated heterocycles. The quantitative estimate of drug-likeness (QED) is 0.638. The fraction of sp³-hybridized carbons (Fsp3) is 0.333. The molecule has 0 spiro atoms. The molecule has 0 aliphatic carbocycles. The van der Waals surface area contributed by atoms with Gasteiger partial charge in [-0.3, -0.25) is 4.90 Å². The van der Waals surface area contributed by atoms with Gasteiger partial charge in [-0.1, -0.05) is 11.6 Å². The number of hydrogen-bond acceptors (Lipinski definition) is 6. The van der Waals surface area contributed by atoms with Crippen LogP contribution in [0.3, 0.4) is 0 Å². The van der Waals surface area contributed by atoms with Crippen LogP contribution >= 0.6 is 11.6 Å². The van der Waals surface area contributed by atoms with E-state index in [2.05, 4.69) is 21.4 Å². The summed E-state index contributed by atoms with van der Waals surface area (Å²) in [5.74, 6) is -1.24. The van der Waals surface area contributed by atoms with Crippen molar-refractivity contribution in [2.75, 3.05) is 18.4 Å². The monoisotopic (exact) mass is 388 g/mol. The van der Waals surface area contributed by atoms with E-state index in [0.29, 0.717) is 30.9 Å². The summed E-state index contributed by atoms with van der Waals surface area (Å²) >= 11 is 6.15. The lowest BCUT2D eigenvalue weighted by Gasteiger charge is -2.35. The molecule has 0 amide bonds. The number of hydrogen-bond donors (Lipinski definition) is 1. The predicted molar refractivity (Wildman–Crippen MR) is 94.7 cm³/mol. The predicted octanol–water partition coefficient (Wildman–Crippen LogP) is 3.33. The third kappa shape index (κ3) is 3.68. The van der Waals surface area contributed by atoms with Crippen LogP contribution in [0.15, 0.2) is 12.1 Å². The molecule has 1 aliphatic heterocycles. The lowest BCUT2D eigenvalue weighted by Crippen LogP contribution is -2.34. The number of pyridine rings is 2. The maximum absolute atomic E-state index is 14.1. The van der Waals surface area contributed by atoms with Crippen molar-refractivity contribution in [3.63, 3.8) is 0 Å². The van der Waals surface area contributed by atoms with Gasteiger partial charge in [-0.05, 0) is 31.0 Å². The molecule has 2 aromatic rings. The summed E-state index contributed by atoms with van der Waals surface area (Å²) in [6, 6.07) is 6.18. The number of aromatic nitrogens is 2. The zero-order valence-corrected chi connectivity index (χ0v) is 15.2. The molecule has 3 heterocycles. The van der Waals surface area contributed by atoms with Crippen molar-refractivity contribution in [2.24, 2.45) is 0 Å². The molecule has 0 bridgehead atoms. The van der Waals surface area contributed by atoms with Crippen molar-refractivity contribution in [2.45, 2.75) is 25.9 Å². The number of halogens is 3. The third-order valence-corrected chi connectivity index (χ3v) is 4.94. The highest BCUT2D eigenvalue weighted by molar-refractivity contribution is 6.30. The van der Waals surface area contributed by atoms with Crippen LogP contribution in [0.5, 0.6) is 0 Å². The van der Waals surface area contributed by atoms with Crippen LogP contribution in [0.1, 0.15) is 35.2 Å². The Morgan fingerprint density at radius 3 is 2.74 bits per heavy atom. The van der Waals surface area contributed by atoms with E-state index >= 15 is 0 Å². The normalized spacial score (nSPS) is 14.7. The molecule has 0 radical (unpaired) electrons. The van der Waals surface area contributed by atoms with E-state index in [4.69, 9.17) is 16.9 Å². The zero-order valence-electron chi connectivity index (χ0n) is 14.4. The van der Waals surface area contributed by atoms with Gasteiger partial charge in [0.2, 0.25) is 11.9 Å². The number of fused-ring (bicyclic) bond motifs is 1. The minimum Gasteiger partial charge on any atom is -0.357 e. The first-order valence-electron chi connectivity index (χ1n) is 8.24. The topological polar surface area (TPSA) is 88.6 Å². The average Bonchev–Trinajstić information content (AvgIpc) is 2.65. The molecule has 1 unspecified atom stereocenters. The number of nitriles is 2. The van der Waals surface area contributed by atoms with E-state index in [1.165, 1.54) is 6.07 Å². The second kappa shape index (κ2) is 7.83. The SMILES string of the molecule is CC(c1ccc(F)nc1F)N1CCc2c(NCC#N)nc(Cl)c(C#N)c2C1. The van der Waals surface area contributed by atoms with E-state index in [-0.39, 0.29) is 28.9 Å². The van der Waals surface area contributed by atoms with Gasteiger partial charge in [0.15, 0.2) is 0 Å². The first-order valence-corrected chi connectivity index (χ1v) is 8.62. The van der Waals surface area contributed by atoms with Gasteiger partial charge in [0, 0.05) is 30.3 Å². The van der Waals surface area contributed by atoms with E-state index in [1.807, 2.05) is 11.0 Å². The van der Waals surface area contributed by atoms with Gasteiger partial charge < -0.3 is 5.32 Å². The van der Waals surface area contributed by atoms with Crippen molar-refractivity contribution in [1.82, 2.24) is 14.9 Å². The van der Waals surface area contributed by atoms with Gasteiger partial charge in [-0.2, -0.15) is 24.3 Å². The van der Waals surface area contributed by atoms with Crippen LogP contribution in [0.4, 0.5) is 14.6 Å². The van der Waals surface area contributed by atoms with Crippen molar-refractivity contribution in [3.8, 4) is 12.1 Å². The summed E-state index contributed by atoms with van der Waals surface area (Å²) in [7, 11) is 0. The molecule has 1 N–H and O–H groups in total. The Labute approximate surface area is 160 Å². The number of nitrogens with zero attached hydrogens (tertiary/aromatic N) is 5. The third-order valence-electron chi connectivity index (χ3n) is 4.67. The average molecular weight is 389 g/mol. The van der Waals surface area contributed by atoms with Crippen LogP contribution in [0.2, 0.25) is 5.15 Å². The Morgan fingerprint density at radius 1 is 1.30 bits per heavy atom. The first kappa shape index (κ1) is 19.0. The summed E-state index contributed by atoms with van der Waals surface area (Å²) in [5.41, 5.74) is 2.07. The van der Waals surface area contributed by atoms with Gasteiger partial charge in [0.1, 0.15) is 23.6 Å². The molecule has 0 fully saturated rings. The Balaban J connectivity index is 1.96. The van der Waals surface area contributed by atoms with Crippen molar-refractivity contribution < 1.29 is 8.78 Å². The van der Waals surface area contributed by atoms with Gasteiger partial charge >= 0.3 is 0 Å². The Hall–Kier alpha value is -2.81. The van der Waals surface area contributed by atoms with Crippen LogP contribution in [-0.2, 0) is 13.0 Å². The Bertz CT molecular complexity index is 966. The molecule has 3 rings (SSSR count). The summed E-state index contributed by atoms with van der Waals surface area (Å²) in [6.07, 6.45) is 0.544. The molecule has 1 atom stereocenters. The van der Waals surface area contributed by atoms with Crippen LogP contribution < -0.4 is 5.32 Å². The molecule has 27 heavy (non-hydrogen) atoms. The molecule has 9 heteroatoms. The van der Waals surface area contributed by atoms with E-state index in [1.54, 1.807) is 6.92 Å². The van der Waals surface area contributed by atoms with Crippen molar-refractivity contribution in [3.05, 3.63) is 51.4 Å². The molecule has 0 aromatic carbocycles. The summed E-state index contributed by atoms with van der Waals surface area (Å²) in [4.78, 5) is 9.41. The minimum absolute atomic E-state index is 0.0563. The maximum Gasteiger partial charge on any atom is 0.220 e. The molecular weight excluding hydrogens is 374 g/mol. The molecule has 6 nitrogen and oxygen atoms in total. The highest BCUT2D eigenvalue weighted by Crippen LogP contribution is 2.35. The first-order chi connectivity index (χ1) is 13.0. The molecule has 0 saturated carbocycles. The summed E-state index contributed by atoms with van der Waals surface area (Å²) in [6.45, 7) is 2.78. The number of nitrogens with one attached hydrogen (secondary N) is 1. The van der Waals surface area contributed by atoms with E-state index in [9.17, 15) is 14.0 Å². The molecule has 2 aromatic heterocycles. The fourth-order valence-electron chi connectivity index (χ4n) is 3.27. The second-order valence-electron chi connectivity index (χ2n) is 6.12. The summed E-state index contributed by atoms with van der Waals surface area (Å²) < 4.78 is 27.2. The zero-order chi connectivity index (χ0) is 19.6. The van der Waals surface area contributed by atoms with Crippen LogP contribution in [0.25, 0.3) is 0 Å². The maximum atomic E-state index is 14.1. The highest BCUT2D eigenvalue weighted by atomic mass is 35.5. The molecular formula is C18H15ClF2N6. The Morgan fingerprint density at radius 2 is 2.07 bits per heavy atom. The summed E-state index contributed by atoms with van der Waals surface area (Å²) in [5, 5.41) is 21.2. The van der Waals surface area contributed by atoms with Gasteiger partial charge in [-0.25, -0.2) is 4.98 Å². The van der Waals surface area contributed by atoms with Gasteiger partial charge in [-0.15, -0.1) is 0 Å². The van der Waals surface area contributed by atoms with Crippen LogP contribution in [-0.4, -0.2) is 28.0 Å². The molecule has 1 aliphatic rings. The number of rotatable bonds is 4. The van der Waals surface area contributed by atoms with Gasteiger partial charge in [0.25, 0.3) is 0 Å². The van der Waals surface area contributed by atoms with Crippen LogP contribution in [0, 0.1) is 34.6 Å².